The van der Waals surface area contributed by atoms with Crippen LogP contribution in [0.25, 0.3) is 10.4 Å². The lowest BCUT2D eigenvalue weighted by Crippen LogP contribution is -2.20. The first-order valence-electron chi connectivity index (χ1n) is 8.40. The third kappa shape index (κ3) is 4.53. The molecule has 1 aromatic heterocycles. The van der Waals surface area contributed by atoms with E-state index in [1.54, 1.807) is 0 Å². The van der Waals surface area contributed by atoms with Crippen molar-refractivity contribution >= 4 is 45.3 Å². The Morgan fingerprint density at radius 1 is 1.00 bits per heavy atom. The summed E-state index contributed by atoms with van der Waals surface area (Å²) in [5.41, 5.74) is 4.80. The lowest BCUT2D eigenvalue weighted by molar-refractivity contribution is 0.0602. The summed E-state index contributed by atoms with van der Waals surface area (Å²) in [5, 5.41) is 7.38. The van der Waals surface area contributed by atoms with Gasteiger partial charge in [-0.25, -0.2) is 4.79 Å². The molecule has 2 aromatic carbocycles. The maximum atomic E-state index is 12.2. The Kier molecular flexibility index (Phi) is 5.88. The maximum absolute atomic E-state index is 12.2. The van der Waals surface area contributed by atoms with E-state index in [4.69, 9.17) is 17.0 Å². The maximum Gasteiger partial charge on any atom is 0.340 e. The number of nitrogens with one attached hydrogen (secondary N) is 2. The van der Waals surface area contributed by atoms with Crippen molar-refractivity contribution in [2.45, 2.75) is 13.8 Å². The molecule has 0 bridgehead atoms. The van der Waals surface area contributed by atoms with Crippen LogP contribution in [0.4, 0.5) is 10.7 Å². The van der Waals surface area contributed by atoms with Gasteiger partial charge in [-0.15, -0.1) is 11.3 Å². The second-order valence-corrected chi connectivity index (χ2v) is 7.55. The van der Waals surface area contributed by atoms with Crippen molar-refractivity contribution in [3.8, 4) is 10.4 Å². The number of hydrogen-bond donors (Lipinski definition) is 2. The van der Waals surface area contributed by atoms with Crippen LogP contribution in [-0.4, -0.2) is 18.2 Å². The second kappa shape index (κ2) is 8.33. The highest BCUT2D eigenvalue weighted by Crippen LogP contribution is 2.36. The van der Waals surface area contributed by atoms with Crippen LogP contribution >= 0.6 is 23.6 Å². The minimum atomic E-state index is -0.398. The first-order chi connectivity index (χ1) is 13.0. The molecule has 2 N–H and O–H groups in total. The lowest BCUT2D eigenvalue weighted by atomic mass is 10.1. The highest BCUT2D eigenvalue weighted by Gasteiger charge is 2.18. The number of ether oxygens (including phenoxy) is 1. The van der Waals surface area contributed by atoms with E-state index in [9.17, 15) is 4.79 Å². The molecule has 0 saturated heterocycles. The van der Waals surface area contributed by atoms with Crippen molar-refractivity contribution in [1.82, 2.24) is 0 Å². The Bertz CT molecular complexity index is 981. The Labute approximate surface area is 168 Å². The Morgan fingerprint density at radius 3 is 2.41 bits per heavy atom. The fraction of sp³-hybridized carbons (Fsp3) is 0.143. The summed E-state index contributed by atoms with van der Waals surface area (Å²) in [7, 11) is 1.37. The number of aryl methyl sites for hydroxylation is 2. The number of rotatable bonds is 4. The summed E-state index contributed by atoms with van der Waals surface area (Å²) in [5.74, 6) is -0.398. The van der Waals surface area contributed by atoms with Crippen LogP contribution in [-0.2, 0) is 4.74 Å². The van der Waals surface area contributed by atoms with Crippen LogP contribution in [0.5, 0.6) is 0 Å². The van der Waals surface area contributed by atoms with E-state index in [2.05, 4.69) is 24.5 Å². The molecule has 27 heavy (non-hydrogen) atoms. The number of thiophene rings is 1. The van der Waals surface area contributed by atoms with Gasteiger partial charge in [0, 0.05) is 10.6 Å². The number of carbonyl (C=O) groups excluding carboxylic acids is 1. The molecule has 0 saturated carbocycles. The molecule has 0 aliphatic heterocycles. The van der Waals surface area contributed by atoms with E-state index < -0.39 is 5.97 Å². The molecular weight excluding hydrogens is 376 g/mol. The molecule has 0 radical (unpaired) electrons. The Morgan fingerprint density at radius 2 is 1.74 bits per heavy atom. The van der Waals surface area contributed by atoms with Gasteiger partial charge in [0.05, 0.1) is 12.7 Å². The molecule has 0 atom stereocenters. The zero-order valence-electron chi connectivity index (χ0n) is 15.3. The summed E-state index contributed by atoms with van der Waals surface area (Å²) in [6.45, 7) is 4.12. The molecule has 0 aliphatic rings. The smallest absolute Gasteiger partial charge is 0.340 e. The second-order valence-electron chi connectivity index (χ2n) is 6.09. The van der Waals surface area contributed by atoms with Gasteiger partial charge in [-0.3, -0.25) is 0 Å². The minimum Gasteiger partial charge on any atom is -0.465 e. The van der Waals surface area contributed by atoms with Gasteiger partial charge >= 0.3 is 5.97 Å². The average molecular weight is 397 g/mol. The molecule has 3 aromatic rings. The van der Waals surface area contributed by atoms with Crippen LogP contribution in [0.1, 0.15) is 21.5 Å². The molecule has 0 spiro atoms. The summed E-state index contributed by atoms with van der Waals surface area (Å²) in [4.78, 5) is 13.1. The van der Waals surface area contributed by atoms with E-state index in [1.165, 1.54) is 29.6 Å². The topological polar surface area (TPSA) is 50.4 Å². The molecule has 0 unspecified atom stereocenters. The van der Waals surface area contributed by atoms with Crippen LogP contribution in [0, 0.1) is 13.8 Å². The van der Waals surface area contributed by atoms with Crippen LogP contribution in [0.3, 0.4) is 0 Å². The van der Waals surface area contributed by atoms with Gasteiger partial charge in [-0.1, -0.05) is 36.4 Å². The first kappa shape index (κ1) is 19.1. The molecule has 0 fully saturated rings. The highest BCUT2D eigenvalue weighted by molar-refractivity contribution is 7.80. The predicted molar refractivity (Wildman–Crippen MR) is 117 cm³/mol. The van der Waals surface area contributed by atoms with E-state index in [0.29, 0.717) is 15.7 Å². The first-order valence-corrected chi connectivity index (χ1v) is 9.63. The van der Waals surface area contributed by atoms with Crippen LogP contribution in [0.2, 0.25) is 0 Å². The molecule has 138 valence electrons. The fourth-order valence-electron chi connectivity index (χ4n) is 2.57. The third-order valence-corrected chi connectivity index (χ3v) is 5.49. The van der Waals surface area contributed by atoms with Gasteiger partial charge in [-0.2, -0.15) is 0 Å². The third-order valence-electron chi connectivity index (χ3n) is 4.19. The SMILES string of the molecule is COC(=O)c1cc(-c2ccccc2)sc1NC(=S)Nc1ccc(C)c(C)c1. The predicted octanol–water partition coefficient (Wildman–Crippen LogP) is 5.63. The summed E-state index contributed by atoms with van der Waals surface area (Å²) in [6, 6.07) is 17.8. The van der Waals surface area contributed by atoms with Gasteiger partial charge < -0.3 is 15.4 Å². The Balaban J connectivity index is 1.84. The number of carbonyl (C=O) groups is 1. The fourth-order valence-corrected chi connectivity index (χ4v) is 3.92. The largest absolute Gasteiger partial charge is 0.465 e. The van der Waals surface area contributed by atoms with Gasteiger partial charge in [0.1, 0.15) is 5.00 Å². The van der Waals surface area contributed by atoms with Crippen molar-refractivity contribution in [1.29, 1.82) is 0 Å². The van der Waals surface area contributed by atoms with Crippen LogP contribution < -0.4 is 10.6 Å². The lowest BCUT2D eigenvalue weighted by Gasteiger charge is -2.11. The Hall–Kier alpha value is -2.70. The van der Waals surface area contributed by atoms with Crippen molar-refractivity contribution in [2.24, 2.45) is 0 Å². The monoisotopic (exact) mass is 396 g/mol. The standard InChI is InChI=1S/C21H20N2O2S2/c1-13-9-10-16(11-14(13)2)22-21(26)23-19-17(20(24)25-3)12-18(27-19)15-7-5-4-6-8-15/h4-12H,1-3H3,(H2,22,23,26). The number of benzene rings is 2. The van der Waals surface area contributed by atoms with Gasteiger partial charge in [-0.05, 0) is 61.0 Å². The number of esters is 1. The van der Waals surface area contributed by atoms with Gasteiger partial charge in [0.25, 0.3) is 0 Å². The summed E-state index contributed by atoms with van der Waals surface area (Å²) in [6.07, 6.45) is 0. The minimum absolute atomic E-state index is 0.398. The zero-order chi connectivity index (χ0) is 19.4. The van der Waals surface area contributed by atoms with Crippen molar-refractivity contribution < 1.29 is 9.53 Å². The van der Waals surface area contributed by atoms with Crippen molar-refractivity contribution in [3.05, 3.63) is 71.3 Å². The average Bonchev–Trinajstić information content (AvgIpc) is 3.08. The summed E-state index contributed by atoms with van der Waals surface area (Å²) < 4.78 is 4.92. The number of thiocarbonyl (C=S) groups is 1. The highest BCUT2D eigenvalue weighted by atomic mass is 32.1. The molecule has 6 heteroatoms. The van der Waals surface area contributed by atoms with E-state index in [1.807, 2.05) is 54.6 Å². The summed E-state index contributed by atoms with van der Waals surface area (Å²) >= 11 is 6.90. The number of anilines is 2. The molecule has 3 rings (SSSR count). The van der Waals surface area contributed by atoms with Gasteiger partial charge in [0.15, 0.2) is 5.11 Å². The molecule has 4 nitrogen and oxygen atoms in total. The van der Waals surface area contributed by atoms with Crippen molar-refractivity contribution in [3.63, 3.8) is 0 Å². The van der Waals surface area contributed by atoms with Crippen molar-refractivity contribution in [2.75, 3.05) is 17.7 Å². The normalized spacial score (nSPS) is 10.3. The van der Waals surface area contributed by atoms with E-state index in [0.717, 1.165) is 16.1 Å². The van der Waals surface area contributed by atoms with Crippen LogP contribution in [0.15, 0.2) is 54.6 Å². The van der Waals surface area contributed by atoms with E-state index >= 15 is 0 Å². The quantitative estimate of drug-likeness (QED) is 0.442. The molecule has 0 amide bonds. The van der Waals surface area contributed by atoms with E-state index in [-0.39, 0.29) is 0 Å². The number of hydrogen-bond acceptors (Lipinski definition) is 4. The molecule has 0 aliphatic carbocycles. The molecule has 1 heterocycles. The van der Waals surface area contributed by atoms with Gasteiger partial charge in [0.2, 0.25) is 0 Å². The molecular formula is C21H20N2O2S2. The number of methoxy groups -OCH3 is 1. The zero-order valence-corrected chi connectivity index (χ0v) is 17.0.